The van der Waals surface area contributed by atoms with Gasteiger partial charge in [0.05, 0.1) is 0 Å². The van der Waals surface area contributed by atoms with E-state index in [0.29, 0.717) is 5.69 Å². The molecule has 2 aromatic rings. The molecule has 1 aromatic carbocycles. The molecule has 23 heavy (non-hydrogen) atoms. The Morgan fingerprint density at radius 1 is 1.04 bits per heavy atom. The van der Waals surface area contributed by atoms with Gasteiger partial charge < -0.3 is 15.2 Å². The van der Waals surface area contributed by atoms with E-state index < -0.39 is 0 Å². The number of anilines is 1. The highest BCUT2D eigenvalue weighted by atomic mass is 79.9. The highest BCUT2D eigenvalue weighted by Crippen LogP contribution is 2.14. The van der Waals surface area contributed by atoms with Crippen molar-refractivity contribution in [1.82, 2.24) is 9.88 Å². The van der Waals surface area contributed by atoms with Gasteiger partial charge in [-0.25, -0.2) is 0 Å². The number of benzene rings is 1. The first-order valence-corrected chi connectivity index (χ1v) is 7.81. The molecule has 120 valence electrons. The Balaban J connectivity index is 1.73. The molecule has 0 spiro atoms. The first kappa shape index (κ1) is 17.0. The lowest BCUT2D eigenvalue weighted by Gasteiger charge is -2.08. The molecule has 2 N–H and O–H groups in total. The van der Waals surface area contributed by atoms with Crippen LogP contribution < -0.4 is 16.2 Å². The molecule has 1 aromatic heterocycles. The average molecular weight is 378 g/mol. The predicted molar refractivity (Wildman–Crippen MR) is 91.1 cm³/mol. The average Bonchev–Trinajstić information content (AvgIpc) is 2.52. The summed E-state index contributed by atoms with van der Waals surface area (Å²) in [6, 6.07) is 11.9. The maximum Gasteiger partial charge on any atom is 0.250 e. The Hall–Kier alpha value is -2.41. The largest absolute Gasteiger partial charge is 0.354 e. The van der Waals surface area contributed by atoms with Crippen molar-refractivity contribution < 1.29 is 9.59 Å². The van der Waals surface area contributed by atoms with Crippen molar-refractivity contribution in [3.8, 4) is 0 Å². The Morgan fingerprint density at radius 2 is 1.78 bits per heavy atom. The smallest absolute Gasteiger partial charge is 0.250 e. The summed E-state index contributed by atoms with van der Waals surface area (Å²) in [7, 11) is 0. The summed E-state index contributed by atoms with van der Waals surface area (Å²) in [6.45, 7) is 0.150. The number of hydrogen-bond acceptors (Lipinski definition) is 3. The minimum atomic E-state index is -0.310. The number of amides is 2. The van der Waals surface area contributed by atoms with Crippen LogP contribution in [0.15, 0.2) is 57.9 Å². The molecule has 0 bridgehead atoms. The van der Waals surface area contributed by atoms with E-state index in [0.717, 1.165) is 4.47 Å². The molecule has 6 nitrogen and oxygen atoms in total. The number of pyridine rings is 1. The summed E-state index contributed by atoms with van der Waals surface area (Å²) >= 11 is 3.32. The quantitative estimate of drug-likeness (QED) is 0.804. The number of nitrogens with one attached hydrogen (secondary N) is 2. The van der Waals surface area contributed by atoms with Crippen molar-refractivity contribution in [2.75, 3.05) is 11.9 Å². The number of nitrogens with zero attached hydrogens (tertiary/aromatic N) is 1. The summed E-state index contributed by atoms with van der Waals surface area (Å²) in [4.78, 5) is 35.0. The van der Waals surface area contributed by atoms with Crippen LogP contribution >= 0.6 is 15.9 Å². The van der Waals surface area contributed by atoms with Crippen LogP contribution in [0.1, 0.15) is 6.42 Å². The van der Waals surface area contributed by atoms with Gasteiger partial charge in [0.2, 0.25) is 11.8 Å². The molecule has 7 heteroatoms. The van der Waals surface area contributed by atoms with Gasteiger partial charge in [-0.15, -0.1) is 0 Å². The lowest BCUT2D eigenvalue weighted by Crippen LogP contribution is -2.33. The number of rotatable bonds is 6. The number of carbonyl (C=O) groups is 2. The normalized spacial score (nSPS) is 10.1. The van der Waals surface area contributed by atoms with Crippen LogP contribution in [0, 0.1) is 0 Å². The van der Waals surface area contributed by atoms with Gasteiger partial charge in [-0.3, -0.25) is 14.4 Å². The molecule has 2 amide bonds. The third kappa shape index (κ3) is 5.71. The molecule has 0 saturated heterocycles. The van der Waals surface area contributed by atoms with Gasteiger partial charge in [-0.2, -0.15) is 0 Å². The Bertz CT molecular complexity index is 741. The van der Waals surface area contributed by atoms with Crippen LogP contribution in [0.5, 0.6) is 0 Å². The predicted octanol–water partition coefficient (Wildman–Crippen LogP) is 1.76. The topological polar surface area (TPSA) is 80.2 Å². The van der Waals surface area contributed by atoms with Crippen molar-refractivity contribution in [2.45, 2.75) is 13.0 Å². The highest BCUT2D eigenvalue weighted by molar-refractivity contribution is 9.10. The summed E-state index contributed by atoms with van der Waals surface area (Å²) in [5.74, 6) is -0.501. The van der Waals surface area contributed by atoms with E-state index in [1.54, 1.807) is 30.5 Å². The fraction of sp³-hybridized carbons (Fsp3) is 0.188. The number of aromatic nitrogens is 1. The third-order valence-corrected chi connectivity index (χ3v) is 3.54. The molecular weight excluding hydrogens is 362 g/mol. The molecule has 0 aliphatic carbocycles. The van der Waals surface area contributed by atoms with Crippen LogP contribution in [0.3, 0.4) is 0 Å². The Labute approximate surface area is 141 Å². The van der Waals surface area contributed by atoms with E-state index >= 15 is 0 Å². The van der Waals surface area contributed by atoms with Gasteiger partial charge in [0.1, 0.15) is 6.54 Å². The van der Waals surface area contributed by atoms with Crippen molar-refractivity contribution in [3.05, 3.63) is 63.5 Å². The van der Waals surface area contributed by atoms with Gasteiger partial charge in [-0.1, -0.05) is 22.0 Å². The van der Waals surface area contributed by atoms with Crippen LogP contribution in [0.2, 0.25) is 0 Å². The van der Waals surface area contributed by atoms with Crippen molar-refractivity contribution in [2.24, 2.45) is 0 Å². The Kier molecular flexibility index (Phi) is 6.10. The van der Waals surface area contributed by atoms with Gasteiger partial charge in [-0.05, 0) is 30.3 Å². The summed E-state index contributed by atoms with van der Waals surface area (Å²) in [5.41, 5.74) is 0.455. The molecule has 0 aliphatic heterocycles. The second kappa shape index (κ2) is 8.28. The van der Waals surface area contributed by atoms with E-state index in [2.05, 4.69) is 26.6 Å². The van der Waals surface area contributed by atoms with E-state index in [4.69, 9.17) is 0 Å². The molecule has 2 rings (SSSR count). The summed E-state index contributed by atoms with van der Waals surface area (Å²) < 4.78 is 2.23. The second-order valence-electron chi connectivity index (χ2n) is 4.82. The van der Waals surface area contributed by atoms with E-state index in [1.807, 2.05) is 12.1 Å². The fourth-order valence-electron chi connectivity index (χ4n) is 1.87. The SMILES string of the molecule is O=C(Cn1ccccc1=O)NCCC(=O)Nc1ccc(Br)cc1. The van der Waals surface area contributed by atoms with Gasteiger partial charge in [0.15, 0.2) is 0 Å². The first-order valence-electron chi connectivity index (χ1n) is 7.02. The zero-order chi connectivity index (χ0) is 16.7. The molecular formula is C16H16BrN3O3. The van der Waals surface area contributed by atoms with Gasteiger partial charge in [0, 0.05) is 35.4 Å². The zero-order valence-electron chi connectivity index (χ0n) is 12.3. The van der Waals surface area contributed by atoms with Crippen molar-refractivity contribution in [3.63, 3.8) is 0 Å². The first-order chi connectivity index (χ1) is 11.0. The van der Waals surface area contributed by atoms with Crippen molar-refractivity contribution >= 4 is 33.4 Å². The fourth-order valence-corrected chi connectivity index (χ4v) is 2.14. The van der Waals surface area contributed by atoms with Gasteiger partial charge >= 0.3 is 0 Å². The maximum atomic E-state index is 11.8. The lowest BCUT2D eigenvalue weighted by molar-refractivity contribution is -0.121. The molecule has 0 atom stereocenters. The lowest BCUT2D eigenvalue weighted by atomic mass is 10.3. The number of halogens is 1. The maximum absolute atomic E-state index is 11.8. The molecule has 0 unspecified atom stereocenters. The van der Waals surface area contributed by atoms with Crippen LogP contribution in [0.4, 0.5) is 5.69 Å². The van der Waals surface area contributed by atoms with Crippen LogP contribution in [0.25, 0.3) is 0 Å². The molecule has 0 aliphatic rings. The second-order valence-corrected chi connectivity index (χ2v) is 5.74. The van der Waals surface area contributed by atoms with E-state index in [1.165, 1.54) is 10.6 Å². The van der Waals surface area contributed by atoms with Gasteiger partial charge in [0.25, 0.3) is 5.56 Å². The molecule has 0 fully saturated rings. The standard InChI is InChI=1S/C16H16BrN3O3/c17-12-4-6-13(7-5-12)19-14(21)8-9-18-15(22)11-20-10-2-1-3-16(20)23/h1-7,10H,8-9,11H2,(H,18,22)(H,19,21). The molecule has 1 heterocycles. The van der Waals surface area contributed by atoms with Crippen LogP contribution in [-0.2, 0) is 16.1 Å². The molecule has 0 radical (unpaired) electrons. The third-order valence-electron chi connectivity index (χ3n) is 3.02. The Morgan fingerprint density at radius 3 is 2.48 bits per heavy atom. The zero-order valence-corrected chi connectivity index (χ0v) is 13.9. The number of carbonyl (C=O) groups excluding carboxylic acids is 2. The highest BCUT2D eigenvalue weighted by Gasteiger charge is 2.06. The summed E-state index contributed by atoms with van der Waals surface area (Å²) in [5, 5.41) is 5.35. The van der Waals surface area contributed by atoms with Crippen molar-refractivity contribution in [1.29, 1.82) is 0 Å². The van der Waals surface area contributed by atoms with Crippen LogP contribution in [-0.4, -0.2) is 22.9 Å². The van der Waals surface area contributed by atoms with E-state index in [-0.39, 0.29) is 36.9 Å². The number of hydrogen-bond donors (Lipinski definition) is 2. The minimum absolute atomic E-state index is 0.0615. The monoisotopic (exact) mass is 377 g/mol. The molecule has 0 saturated carbocycles. The summed E-state index contributed by atoms with van der Waals surface area (Å²) in [6.07, 6.45) is 1.70. The van der Waals surface area contributed by atoms with E-state index in [9.17, 15) is 14.4 Å². The minimum Gasteiger partial charge on any atom is -0.354 e.